The Labute approximate surface area is 164 Å². The predicted molar refractivity (Wildman–Crippen MR) is 118 cm³/mol. The molecule has 2 aromatic heterocycles. The first-order valence-electron chi connectivity index (χ1n) is 8.82. The van der Waals surface area contributed by atoms with Crippen molar-refractivity contribution in [1.29, 1.82) is 0 Å². The summed E-state index contributed by atoms with van der Waals surface area (Å²) in [5.41, 5.74) is 6.40. The van der Waals surface area contributed by atoms with E-state index in [4.69, 9.17) is 0 Å². The third kappa shape index (κ3) is 2.98. The van der Waals surface area contributed by atoms with Gasteiger partial charge < -0.3 is 5.32 Å². The molecule has 0 saturated heterocycles. The molecule has 0 radical (unpaired) electrons. The third-order valence-corrected chi connectivity index (χ3v) is 5.84. The number of anilines is 2. The lowest BCUT2D eigenvalue weighted by Crippen LogP contribution is -2.29. The lowest BCUT2D eigenvalue weighted by molar-refractivity contribution is 1.13. The van der Waals surface area contributed by atoms with Gasteiger partial charge in [0, 0.05) is 16.6 Å². The van der Waals surface area contributed by atoms with Gasteiger partial charge in [0.15, 0.2) is 0 Å². The van der Waals surface area contributed by atoms with Gasteiger partial charge >= 0.3 is 0 Å². The molecule has 0 saturated carbocycles. The number of aryl methyl sites for hydroxylation is 1. The summed E-state index contributed by atoms with van der Waals surface area (Å²) in [5, 5.41) is 3.45. The van der Waals surface area contributed by atoms with Crippen molar-refractivity contribution in [2.75, 3.05) is 10.2 Å². The van der Waals surface area contributed by atoms with Gasteiger partial charge in [0.05, 0.1) is 28.1 Å². The third-order valence-electron chi connectivity index (χ3n) is 4.61. The largest absolute Gasteiger partial charge is 0.341 e. The first-order chi connectivity index (χ1) is 13.1. The normalized spacial score (nSPS) is 13.8. The minimum atomic E-state index is 0.781. The maximum atomic E-state index is 4.40. The number of nitrogens with zero attached hydrogens (tertiary/aromatic N) is 2. The Kier molecular flexibility index (Phi) is 4.42. The van der Waals surface area contributed by atoms with E-state index in [0.29, 0.717) is 0 Å². The van der Waals surface area contributed by atoms with Crippen LogP contribution in [0.5, 0.6) is 0 Å². The van der Waals surface area contributed by atoms with Gasteiger partial charge in [-0.2, -0.15) is 0 Å². The van der Waals surface area contributed by atoms with Crippen molar-refractivity contribution in [3.05, 3.63) is 89.9 Å². The molecule has 0 fully saturated rings. The summed E-state index contributed by atoms with van der Waals surface area (Å²) >= 11 is 1.74. The van der Waals surface area contributed by atoms with E-state index >= 15 is 0 Å². The Morgan fingerprint density at radius 3 is 2.67 bits per heavy atom. The Bertz CT molecular complexity index is 1060. The minimum absolute atomic E-state index is 0.781. The van der Waals surface area contributed by atoms with Crippen molar-refractivity contribution in [2.24, 2.45) is 0 Å². The van der Waals surface area contributed by atoms with Crippen molar-refractivity contribution in [3.8, 4) is 10.4 Å². The molecule has 134 valence electrons. The predicted octanol–water partition coefficient (Wildman–Crippen LogP) is 6.53. The van der Waals surface area contributed by atoms with Crippen LogP contribution in [0.25, 0.3) is 22.2 Å². The fraction of sp³-hybridized carbons (Fsp3) is 0.0870. The maximum absolute atomic E-state index is 4.40. The summed E-state index contributed by atoms with van der Waals surface area (Å²) in [5.74, 6) is 0.781. The van der Waals surface area contributed by atoms with Crippen molar-refractivity contribution in [2.45, 2.75) is 13.8 Å². The standard InChI is InChI=1S/C23H21N3S/c1-5-9-19-15(2)13-24-14-21(19)26-16(3)23-20(25-17(26)4)12-22(27-23)18-10-7-6-8-11-18/h5-14,25H,3-4H2,1-2H3/b9-5-. The molecule has 0 amide bonds. The van der Waals surface area contributed by atoms with E-state index in [0.717, 1.165) is 38.9 Å². The lowest BCUT2D eigenvalue weighted by atomic mass is 10.1. The Hall–Kier alpha value is -3.11. The molecule has 3 nitrogen and oxygen atoms in total. The number of hydrogen-bond donors (Lipinski definition) is 1. The van der Waals surface area contributed by atoms with Crippen molar-refractivity contribution >= 4 is 34.5 Å². The molecule has 0 atom stereocenters. The zero-order valence-electron chi connectivity index (χ0n) is 15.5. The molecular formula is C23H21N3S. The van der Waals surface area contributed by atoms with Crippen molar-refractivity contribution in [1.82, 2.24) is 4.98 Å². The van der Waals surface area contributed by atoms with Crippen LogP contribution >= 0.6 is 11.3 Å². The molecule has 3 heterocycles. The first kappa shape index (κ1) is 17.3. The second-order valence-electron chi connectivity index (χ2n) is 6.46. The molecule has 0 unspecified atom stereocenters. The van der Waals surface area contributed by atoms with E-state index < -0.39 is 0 Å². The van der Waals surface area contributed by atoms with Gasteiger partial charge in [-0.25, -0.2) is 0 Å². The van der Waals surface area contributed by atoms with Gasteiger partial charge in [-0.05, 0) is 31.0 Å². The molecule has 0 aliphatic carbocycles. The number of thiophene rings is 1. The smallest absolute Gasteiger partial charge is 0.108 e. The molecule has 1 aliphatic rings. The van der Waals surface area contributed by atoms with Crippen molar-refractivity contribution < 1.29 is 0 Å². The van der Waals surface area contributed by atoms with E-state index in [1.807, 2.05) is 31.5 Å². The Morgan fingerprint density at radius 2 is 1.93 bits per heavy atom. The number of pyridine rings is 1. The van der Waals surface area contributed by atoms with E-state index in [-0.39, 0.29) is 0 Å². The van der Waals surface area contributed by atoms with Crippen LogP contribution in [0.3, 0.4) is 0 Å². The average molecular weight is 372 g/mol. The van der Waals surface area contributed by atoms with Crippen LogP contribution in [0.15, 0.2) is 73.8 Å². The highest BCUT2D eigenvalue weighted by Crippen LogP contribution is 2.46. The summed E-state index contributed by atoms with van der Waals surface area (Å²) in [6.45, 7) is 12.7. The van der Waals surface area contributed by atoms with Gasteiger partial charge in [0.25, 0.3) is 0 Å². The summed E-state index contributed by atoms with van der Waals surface area (Å²) in [6.07, 6.45) is 7.90. The molecule has 4 heteroatoms. The van der Waals surface area contributed by atoms with E-state index in [1.54, 1.807) is 11.3 Å². The maximum Gasteiger partial charge on any atom is 0.108 e. The Balaban J connectivity index is 1.80. The van der Waals surface area contributed by atoms with Crippen molar-refractivity contribution in [3.63, 3.8) is 0 Å². The summed E-state index contributed by atoms with van der Waals surface area (Å²) < 4.78 is 0. The molecule has 1 aliphatic heterocycles. The summed E-state index contributed by atoms with van der Waals surface area (Å²) in [7, 11) is 0. The van der Waals surface area contributed by atoms with Crippen LogP contribution in [0.1, 0.15) is 22.9 Å². The van der Waals surface area contributed by atoms with Gasteiger partial charge in [-0.15, -0.1) is 11.3 Å². The minimum Gasteiger partial charge on any atom is -0.341 e. The monoisotopic (exact) mass is 371 g/mol. The number of hydrogen-bond acceptors (Lipinski definition) is 4. The van der Waals surface area contributed by atoms with Gasteiger partial charge in [-0.3, -0.25) is 9.88 Å². The molecule has 27 heavy (non-hydrogen) atoms. The zero-order valence-corrected chi connectivity index (χ0v) is 16.3. The molecular weight excluding hydrogens is 350 g/mol. The van der Waals surface area contributed by atoms with Crippen LogP contribution in [0.2, 0.25) is 0 Å². The average Bonchev–Trinajstić information content (AvgIpc) is 3.09. The number of allylic oxidation sites excluding steroid dienone is 1. The second-order valence-corrected chi connectivity index (χ2v) is 7.51. The van der Waals surface area contributed by atoms with Crippen LogP contribution in [0, 0.1) is 6.92 Å². The number of aromatic nitrogens is 1. The quantitative estimate of drug-likeness (QED) is 0.567. The van der Waals surface area contributed by atoms with Gasteiger partial charge in [-0.1, -0.05) is 55.6 Å². The molecule has 0 spiro atoms. The second kappa shape index (κ2) is 6.89. The van der Waals surface area contributed by atoms with E-state index in [2.05, 4.69) is 71.7 Å². The number of rotatable bonds is 3. The van der Waals surface area contributed by atoms with Crippen LogP contribution in [-0.2, 0) is 0 Å². The zero-order chi connectivity index (χ0) is 19.0. The topological polar surface area (TPSA) is 28.2 Å². The van der Waals surface area contributed by atoms with E-state index in [9.17, 15) is 0 Å². The molecule has 3 aromatic rings. The van der Waals surface area contributed by atoms with E-state index in [1.165, 1.54) is 10.4 Å². The summed E-state index contributed by atoms with van der Waals surface area (Å²) in [6, 6.07) is 12.6. The SMILES string of the molecule is C=C1Nc2cc(-c3ccccc3)sc2C(=C)N1c1cncc(C)c1/C=C\C. The number of benzene rings is 1. The highest BCUT2D eigenvalue weighted by molar-refractivity contribution is 7.17. The fourth-order valence-electron chi connectivity index (χ4n) is 3.33. The molecule has 1 N–H and O–H groups in total. The van der Waals surface area contributed by atoms with Crippen LogP contribution in [-0.4, -0.2) is 4.98 Å². The lowest BCUT2D eigenvalue weighted by Gasteiger charge is -2.34. The highest BCUT2D eigenvalue weighted by atomic mass is 32.1. The number of fused-ring (bicyclic) bond motifs is 1. The van der Waals surface area contributed by atoms with Crippen LogP contribution in [0.4, 0.5) is 11.4 Å². The Morgan fingerprint density at radius 1 is 1.15 bits per heavy atom. The first-order valence-corrected chi connectivity index (χ1v) is 9.63. The fourth-order valence-corrected chi connectivity index (χ4v) is 4.41. The molecule has 0 bridgehead atoms. The summed E-state index contributed by atoms with van der Waals surface area (Å²) in [4.78, 5) is 8.78. The van der Waals surface area contributed by atoms with Crippen LogP contribution < -0.4 is 10.2 Å². The highest BCUT2D eigenvalue weighted by Gasteiger charge is 2.28. The number of nitrogens with one attached hydrogen (secondary N) is 1. The van der Waals surface area contributed by atoms with Gasteiger partial charge in [0.2, 0.25) is 0 Å². The molecule has 1 aromatic carbocycles. The van der Waals surface area contributed by atoms with Gasteiger partial charge in [0.1, 0.15) is 5.82 Å². The molecule has 4 rings (SSSR count).